The minimum absolute atomic E-state index is 0.155. The zero-order valence-electron chi connectivity index (χ0n) is 21.4. The average molecular weight is 471 g/mol. The fourth-order valence-corrected chi connectivity index (χ4v) is 5.15. The second-order valence-electron chi connectivity index (χ2n) is 10.1. The largest absolute Gasteiger partial charge is 0.456 e. The van der Waals surface area contributed by atoms with Crippen molar-refractivity contribution in [1.29, 1.82) is 0 Å². The smallest absolute Gasteiger partial charge is 0.334 e. The first kappa shape index (κ1) is 27.8. The summed E-state index contributed by atoms with van der Waals surface area (Å²) in [7, 11) is 0. The number of ketones is 1. The van der Waals surface area contributed by atoms with Crippen LogP contribution in [-0.2, 0) is 23.9 Å². The van der Waals surface area contributed by atoms with E-state index in [4.69, 9.17) is 9.47 Å². The Bertz CT molecular complexity index is 845. The maximum Gasteiger partial charge on any atom is 0.334 e. The second-order valence-corrected chi connectivity index (χ2v) is 10.1. The molecule has 0 aromatic rings. The number of carbonyl (C=O) groups excluding carboxylic acids is 3. The number of allylic oxidation sites excluding steroid dienone is 2. The molecule has 0 saturated heterocycles. The second kappa shape index (κ2) is 11.8. The molecule has 3 atom stereocenters. The minimum Gasteiger partial charge on any atom is -0.456 e. The van der Waals surface area contributed by atoms with Crippen molar-refractivity contribution in [3.05, 3.63) is 49.1 Å². The standard InChI is InChI=1S/C29H42O5/c1-8-25(30)22(6)23(7)27(32)34-29(10-3)18-15-24(19-29)20(4)13-14-21(5)26(31)33-28(9-2)16-11-12-17-28/h8,22,24H,1,4-5,7,9-19H2,2-3,6H3. The predicted octanol–water partition coefficient (Wildman–Crippen LogP) is 6.58. The molecule has 2 aliphatic carbocycles. The quantitative estimate of drug-likeness (QED) is 0.173. The highest BCUT2D eigenvalue weighted by Crippen LogP contribution is 2.44. The van der Waals surface area contributed by atoms with Gasteiger partial charge in [0.25, 0.3) is 0 Å². The molecule has 0 heterocycles. The Balaban J connectivity index is 1.88. The van der Waals surface area contributed by atoms with Gasteiger partial charge in [0.2, 0.25) is 0 Å². The minimum atomic E-state index is -0.645. The van der Waals surface area contributed by atoms with E-state index in [0.717, 1.165) is 50.5 Å². The summed E-state index contributed by atoms with van der Waals surface area (Å²) in [6, 6.07) is 0. The van der Waals surface area contributed by atoms with Gasteiger partial charge < -0.3 is 9.47 Å². The van der Waals surface area contributed by atoms with Crippen molar-refractivity contribution in [1.82, 2.24) is 0 Å². The van der Waals surface area contributed by atoms with Crippen LogP contribution in [0.2, 0.25) is 0 Å². The molecule has 0 radical (unpaired) electrons. The molecule has 34 heavy (non-hydrogen) atoms. The van der Waals surface area contributed by atoms with Gasteiger partial charge in [-0.25, -0.2) is 9.59 Å². The molecule has 0 N–H and O–H groups in total. The number of ether oxygens (including phenoxy) is 2. The fourth-order valence-electron chi connectivity index (χ4n) is 5.15. The number of esters is 2. The molecule has 5 nitrogen and oxygen atoms in total. The van der Waals surface area contributed by atoms with Crippen LogP contribution in [0, 0.1) is 11.8 Å². The Morgan fingerprint density at radius 1 is 0.941 bits per heavy atom. The van der Waals surface area contributed by atoms with E-state index in [9.17, 15) is 14.4 Å². The summed E-state index contributed by atoms with van der Waals surface area (Å²) in [5.74, 6) is -1.51. The lowest BCUT2D eigenvalue weighted by Gasteiger charge is -2.29. The first-order chi connectivity index (χ1) is 16.0. The van der Waals surface area contributed by atoms with E-state index in [1.165, 1.54) is 6.08 Å². The molecule has 188 valence electrons. The summed E-state index contributed by atoms with van der Waals surface area (Å²) in [5, 5.41) is 0. The van der Waals surface area contributed by atoms with E-state index in [0.29, 0.717) is 31.3 Å². The highest BCUT2D eigenvalue weighted by atomic mass is 16.6. The van der Waals surface area contributed by atoms with Crippen LogP contribution in [0.5, 0.6) is 0 Å². The van der Waals surface area contributed by atoms with Gasteiger partial charge in [0.05, 0.1) is 5.92 Å². The summed E-state index contributed by atoms with van der Waals surface area (Å²) < 4.78 is 11.8. The first-order valence-electron chi connectivity index (χ1n) is 12.7. The average Bonchev–Trinajstić information content (AvgIpc) is 3.48. The fraction of sp³-hybridized carbons (Fsp3) is 0.621. The lowest BCUT2D eigenvalue weighted by Crippen LogP contribution is -2.34. The van der Waals surface area contributed by atoms with Crippen LogP contribution < -0.4 is 0 Å². The molecule has 2 rings (SSSR count). The van der Waals surface area contributed by atoms with Gasteiger partial charge in [-0.15, -0.1) is 0 Å². The summed E-state index contributed by atoms with van der Waals surface area (Å²) in [4.78, 5) is 37.2. The molecular formula is C29H42O5. The third-order valence-corrected chi connectivity index (χ3v) is 8.02. The Kier molecular flexibility index (Phi) is 9.66. The van der Waals surface area contributed by atoms with Crippen molar-refractivity contribution in [2.24, 2.45) is 11.8 Å². The van der Waals surface area contributed by atoms with Crippen LogP contribution in [0.15, 0.2) is 49.1 Å². The van der Waals surface area contributed by atoms with Gasteiger partial charge in [-0.3, -0.25) is 4.79 Å². The van der Waals surface area contributed by atoms with E-state index in [1.54, 1.807) is 6.92 Å². The van der Waals surface area contributed by atoms with E-state index >= 15 is 0 Å². The van der Waals surface area contributed by atoms with Crippen molar-refractivity contribution in [3.8, 4) is 0 Å². The van der Waals surface area contributed by atoms with Gasteiger partial charge in [0.1, 0.15) is 11.2 Å². The van der Waals surface area contributed by atoms with Crippen LogP contribution in [-0.4, -0.2) is 28.9 Å². The molecule has 3 unspecified atom stereocenters. The van der Waals surface area contributed by atoms with Crippen molar-refractivity contribution < 1.29 is 23.9 Å². The van der Waals surface area contributed by atoms with Crippen molar-refractivity contribution in [2.75, 3.05) is 0 Å². The monoisotopic (exact) mass is 470 g/mol. The van der Waals surface area contributed by atoms with Gasteiger partial charge in [-0.05, 0) is 82.6 Å². The molecule has 0 amide bonds. The molecule has 5 heteroatoms. The van der Waals surface area contributed by atoms with Crippen LogP contribution in [0.3, 0.4) is 0 Å². The SMILES string of the molecule is C=CC(=O)C(C)C(=C)C(=O)OC1(CC)CCC(C(=C)CCC(=C)C(=O)OC2(CC)CCCC2)C1. The molecule has 0 aliphatic heterocycles. The molecule has 0 aromatic carbocycles. The maximum atomic E-state index is 12.7. The predicted molar refractivity (Wildman–Crippen MR) is 135 cm³/mol. The molecule has 2 aliphatic rings. The summed E-state index contributed by atoms with van der Waals surface area (Å²) >= 11 is 0. The van der Waals surface area contributed by atoms with E-state index in [2.05, 4.69) is 33.2 Å². The van der Waals surface area contributed by atoms with Crippen LogP contribution >= 0.6 is 0 Å². The van der Waals surface area contributed by atoms with Gasteiger partial charge in [-0.1, -0.05) is 52.7 Å². The van der Waals surface area contributed by atoms with E-state index < -0.39 is 17.5 Å². The highest BCUT2D eigenvalue weighted by molar-refractivity contribution is 6.01. The zero-order chi connectivity index (χ0) is 25.5. The topological polar surface area (TPSA) is 69.7 Å². The molecule has 2 saturated carbocycles. The van der Waals surface area contributed by atoms with Crippen LogP contribution in [0.25, 0.3) is 0 Å². The maximum absolute atomic E-state index is 12.7. The van der Waals surface area contributed by atoms with Gasteiger partial charge in [0, 0.05) is 11.1 Å². The van der Waals surface area contributed by atoms with Crippen LogP contribution in [0.4, 0.5) is 0 Å². The Hall–Kier alpha value is -2.43. The van der Waals surface area contributed by atoms with Gasteiger partial charge >= 0.3 is 11.9 Å². The number of hydrogen-bond donors (Lipinski definition) is 0. The summed E-state index contributed by atoms with van der Waals surface area (Å²) in [6.45, 7) is 21.2. The Labute approximate surface area is 205 Å². The third-order valence-electron chi connectivity index (χ3n) is 8.02. The molecule has 0 spiro atoms. The first-order valence-corrected chi connectivity index (χ1v) is 12.7. The molecular weight excluding hydrogens is 428 g/mol. The summed E-state index contributed by atoms with van der Waals surface area (Å²) in [6.07, 6.45) is 10.2. The number of carbonyl (C=O) groups is 3. The third kappa shape index (κ3) is 6.58. The van der Waals surface area contributed by atoms with Crippen LogP contribution in [0.1, 0.15) is 91.4 Å². The van der Waals surface area contributed by atoms with Gasteiger partial charge in [-0.2, -0.15) is 0 Å². The molecule has 2 fully saturated rings. The van der Waals surface area contributed by atoms with Gasteiger partial charge in [0.15, 0.2) is 5.78 Å². The van der Waals surface area contributed by atoms with E-state index in [1.807, 2.05) is 6.92 Å². The number of rotatable bonds is 13. The molecule has 0 bridgehead atoms. The van der Waals surface area contributed by atoms with Crippen molar-refractivity contribution >= 4 is 17.7 Å². The Morgan fingerprint density at radius 3 is 2.09 bits per heavy atom. The summed E-state index contributed by atoms with van der Waals surface area (Å²) in [5.41, 5.74) is 0.785. The highest BCUT2D eigenvalue weighted by Gasteiger charge is 2.42. The van der Waals surface area contributed by atoms with Crippen molar-refractivity contribution in [2.45, 2.75) is 103 Å². The zero-order valence-corrected chi connectivity index (χ0v) is 21.4. The van der Waals surface area contributed by atoms with E-state index in [-0.39, 0.29) is 28.8 Å². The normalized spacial score (nSPS) is 24.1. The Morgan fingerprint density at radius 2 is 1.53 bits per heavy atom. The number of hydrogen-bond acceptors (Lipinski definition) is 5. The van der Waals surface area contributed by atoms with Crippen molar-refractivity contribution in [3.63, 3.8) is 0 Å². The lowest BCUT2D eigenvalue weighted by atomic mass is 9.90. The lowest BCUT2D eigenvalue weighted by molar-refractivity contribution is -0.156. The molecule has 0 aromatic heterocycles.